The van der Waals surface area contributed by atoms with E-state index in [1.54, 1.807) is 0 Å². The summed E-state index contributed by atoms with van der Waals surface area (Å²) in [5, 5.41) is 4.38. The molecule has 0 saturated carbocycles. The minimum atomic E-state index is 0.400. The minimum absolute atomic E-state index is 0.400. The Bertz CT molecular complexity index is 483. The standard InChI is InChI=1S/C17H30N4S/c1-14-7-8-16(15-6-5-11-20(15)4)21(12-9-14)17(22)18-10-13-19(2)3/h5-6,11,14,16H,7-10,12-13H2,1-4H3,(H,18,22)/p+1/t14-,16+/m0/s1. The summed E-state index contributed by atoms with van der Waals surface area (Å²) in [5.74, 6) is 0.779. The maximum atomic E-state index is 5.72. The Morgan fingerprint density at radius 3 is 2.77 bits per heavy atom. The van der Waals surface area contributed by atoms with E-state index < -0.39 is 0 Å². The van der Waals surface area contributed by atoms with Gasteiger partial charge in [0, 0.05) is 25.5 Å². The van der Waals surface area contributed by atoms with E-state index in [0.717, 1.165) is 30.7 Å². The van der Waals surface area contributed by atoms with Crippen LogP contribution in [0.3, 0.4) is 0 Å². The van der Waals surface area contributed by atoms with Crippen molar-refractivity contribution in [1.29, 1.82) is 0 Å². The van der Waals surface area contributed by atoms with Gasteiger partial charge in [0.2, 0.25) is 0 Å². The van der Waals surface area contributed by atoms with Crippen molar-refractivity contribution < 1.29 is 4.90 Å². The molecule has 0 spiro atoms. The molecule has 1 fully saturated rings. The van der Waals surface area contributed by atoms with Gasteiger partial charge in [-0.05, 0) is 49.5 Å². The van der Waals surface area contributed by atoms with Crippen molar-refractivity contribution in [3.05, 3.63) is 24.0 Å². The van der Waals surface area contributed by atoms with E-state index in [0.29, 0.717) is 6.04 Å². The van der Waals surface area contributed by atoms with Crippen molar-refractivity contribution in [3.8, 4) is 0 Å². The third kappa shape index (κ3) is 4.46. The molecule has 0 bridgehead atoms. The number of nitrogens with one attached hydrogen (secondary N) is 2. The molecule has 1 aromatic heterocycles. The highest BCUT2D eigenvalue weighted by molar-refractivity contribution is 7.80. The summed E-state index contributed by atoms with van der Waals surface area (Å²) in [7, 11) is 6.48. The first-order chi connectivity index (χ1) is 10.5. The fraction of sp³-hybridized carbons (Fsp3) is 0.706. The van der Waals surface area contributed by atoms with Gasteiger partial charge < -0.3 is 19.7 Å². The van der Waals surface area contributed by atoms with E-state index in [1.165, 1.54) is 29.9 Å². The van der Waals surface area contributed by atoms with Gasteiger partial charge in [0.25, 0.3) is 0 Å². The molecule has 1 aromatic rings. The van der Waals surface area contributed by atoms with E-state index in [-0.39, 0.29) is 0 Å². The van der Waals surface area contributed by atoms with Crippen LogP contribution in [0.5, 0.6) is 0 Å². The number of likely N-dealkylation sites (N-methyl/N-ethyl adjacent to an activating group) is 1. The second kappa shape index (κ2) is 7.97. The van der Waals surface area contributed by atoms with Crippen LogP contribution in [0.25, 0.3) is 0 Å². The van der Waals surface area contributed by atoms with Crippen LogP contribution in [0.15, 0.2) is 18.3 Å². The smallest absolute Gasteiger partial charge is 0.169 e. The van der Waals surface area contributed by atoms with Gasteiger partial charge in [-0.15, -0.1) is 0 Å². The summed E-state index contributed by atoms with van der Waals surface area (Å²) in [6.45, 7) is 5.43. The molecular weight excluding hydrogens is 292 g/mol. The van der Waals surface area contributed by atoms with Gasteiger partial charge in [-0.1, -0.05) is 6.92 Å². The number of thiocarbonyl (C=S) groups is 1. The van der Waals surface area contributed by atoms with Crippen molar-refractivity contribution in [2.24, 2.45) is 13.0 Å². The summed E-state index contributed by atoms with van der Waals surface area (Å²) >= 11 is 5.72. The highest BCUT2D eigenvalue weighted by atomic mass is 32.1. The van der Waals surface area contributed by atoms with Crippen molar-refractivity contribution in [2.45, 2.75) is 32.2 Å². The molecule has 0 radical (unpaired) electrons. The quantitative estimate of drug-likeness (QED) is 0.815. The van der Waals surface area contributed by atoms with Gasteiger partial charge in [0.05, 0.1) is 33.2 Å². The number of hydrogen-bond donors (Lipinski definition) is 2. The fourth-order valence-electron chi connectivity index (χ4n) is 3.15. The molecule has 22 heavy (non-hydrogen) atoms. The Morgan fingerprint density at radius 1 is 1.36 bits per heavy atom. The molecule has 1 aliphatic heterocycles. The molecule has 0 aliphatic carbocycles. The number of likely N-dealkylation sites (tertiary alicyclic amines) is 1. The highest BCUT2D eigenvalue weighted by Crippen LogP contribution is 2.32. The molecule has 4 nitrogen and oxygen atoms in total. The Kier molecular flexibility index (Phi) is 6.26. The fourth-order valence-corrected chi connectivity index (χ4v) is 3.47. The van der Waals surface area contributed by atoms with Crippen LogP contribution in [-0.4, -0.2) is 48.3 Å². The van der Waals surface area contributed by atoms with E-state index in [9.17, 15) is 0 Å². The minimum Gasteiger partial charge on any atom is -0.357 e. The van der Waals surface area contributed by atoms with Crippen LogP contribution in [0, 0.1) is 5.92 Å². The maximum Gasteiger partial charge on any atom is 0.169 e. The van der Waals surface area contributed by atoms with Gasteiger partial charge in [0.1, 0.15) is 0 Å². The summed E-state index contributed by atoms with van der Waals surface area (Å²) in [6, 6.07) is 4.77. The normalized spacial score (nSPS) is 22.7. The SMILES string of the molecule is C[C@H]1CC[C@H](c2cccn2C)N(C(=S)NCC[NH+](C)C)CC1. The molecule has 5 heteroatoms. The van der Waals surface area contributed by atoms with E-state index >= 15 is 0 Å². The Hall–Kier alpha value is -1.07. The monoisotopic (exact) mass is 323 g/mol. The predicted molar refractivity (Wildman–Crippen MR) is 96.2 cm³/mol. The van der Waals surface area contributed by atoms with Crippen LogP contribution < -0.4 is 10.2 Å². The molecule has 1 aliphatic rings. The number of aryl methyl sites for hydroxylation is 1. The number of rotatable bonds is 4. The second-order valence-corrected chi connectivity index (χ2v) is 7.30. The molecule has 2 heterocycles. The first kappa shape index (κ1) is 17.3. The first-order valence-corrected chi connectivity index (χ1v) is 8.84. The zero-order chi connectivity index (χ0) is 16.1. The third-order valence-corrected chi connectivity index (χ3v) is 5.04. The summed E-state index contributed by atoms with van der Waals surface area (Å²) in [6.07, 6.45) is 5.81. The van der Waals surface area contributed by atoms with E-state index in [1.807, 2.05) is 0 Å². The number of hydrogen-bond acceptors (Lipinski definition) is 1. The lowest BCUT2D eigenvalue weighted by atomic mass is 10.0. The topological polar surface area (TPSA) is 24.6 Å². The van der Waals surface area contributed by atoms with Crippen LogP contribution in [0.4, 0.5) is 0 Å². The number of quaternary nitrogens is 1. The van der Waals surface area contributed by atoms with Crippen molar-refractivity contribution >= 4 is 17.3 Å². The van der Waals surface area contributed by atoms with Crippen LogP contribution in [0.2, 0.25) is 0 Å². The highest BCUT2D eigenvalue weighted by Gasteiger charge is 2.28. The Morgan fingerprint density at radius 2 is 2.14 bits per heavy atom. The summed E-state index contributed by atoms with van der Waals surface area (Å²) in [5.41, 5.74) is 1.37. The Balaban J connectivity index is 2.09. The van der Waals surface area contributed by atoms with Gasteiger partial charge in [0.15, 0.2) is 5.11 Å². The predicted octanol–water partition coefficient (Wildman–Crippen LogP) is 1.21. The van der Waals surface area contributed by atoms with Crippen molar-refractivity contribution in [3.63, 3.8) is 0 Å². The third-order valence-electron chi connectivity index (χ3n) is 4.66. The molecule has 0 amide bonds. The first-order valence-electron chi connectivity index (χ1n) is 8.43. The second-order valence-electron chi connectivity index (χ2n) is 6.91. The Labute approximate surface area is 140 Å². The van der Waals surface area contributed by atoms with Crippen molar-refractivity contribution in [2.75, 3.05) is 33.7 Å². The van der Waals surface area contributed by atoms with Gasteiger partial charge in [-0.25, -0.2) is 0 Å². The van der Waals surface area contributed by atoms with Crippen LogP contribution in [0.1, 0.15) is 37.9 Å². The molecule has 0 unspecified atom stereocenters. The molecule has 124 valence electrons. The average molecular weight is 324 g/mol. The number of nitrogens with zero attached hydrogens (tertiary/aromatic N) is 2. The van der Waals surface area contributed by atoms with Gasteiger partial charge in [-0.3, -0.25) is 0 Å². The van der Waals surface area contributed by atoms with Crippen LogP contribution in [-0.2, 0) is 7.05 Å². The largest absolute Gasteiger partial charge is 0.357 e. The summed E-state index contributed by atoms with van der Waals surface area (Å²) in [4.78, 5) is 3.86. The number of aromatic nitrogens is 1. The zero-order valence-corrected chi connectivity index (χ0v) is 15.2. The van der Waals surface area contributed by atoms with Crippen molar-refractivity contribution in [1.82, 2.24) is 14.8 Å². The lowest BCUT2D eigenvalue weighted by Crippen LogP contribution is -3.06. The van der Waals surface area contributed by atoms with E-state index in [2.05, 4.69) is 61.2 Å². The molecule has 2 N–H and O–H groups in total. The molecule has 0 aromatic carbocycles. The van der Waals surface area contributed by atoms with Gasteiger partial charge in [-0.2, -0.15) is 0 Å². The maximum absolute atomic E-state index is 5.72. The van der Waals surface area contributed by atoms with E-state index in [4.69, 9.17) is 12.2 Å². The molecule has 2 rings (SSSR count). The molecule has 2 atom stereocenters. The molecular formula is C17H31N4S+. The van der Waals surface area contributed by atoms with Crippen LogP contribution >= 0.6 is 12.2 Å². The van der Waals surface area contributed by atoms with Gasteiger partial charge >= 0.3 is 0 Å². The lowest BCUT2D eigenvalue weighted by molar-refractivity contribution is -0.856. The zero-order valence-electron chi connectivity index (χ0n) is 14.4. The summed E-state index contributed by atoms with van der Waals surface area (Å²) < 4.78 is 2.24. The average Bonchev–Trinajstić information content (AvgIpc) is 2.77. The lowest BCUT2D eigenvalue weighted by Gasteiger charge is -2.33. The molecule has 1 saturated heterocycles.